The average molecular weight is 229 g/mol. The number of hydrogen-bond donors (Lipinski definition) is 0. The van der Waals surface area contributed by atoms with Crippen LogP contribution < -0.4 is 0 Å². The van der Waals surface area contributed by atoms with Crippen molar-refractivity contribution in [2.45, 2.75) is 38.7 Å². The highest BCUT2D eigenvalue weighted by Gasteiger charge is 2.41. The predicted octanol–water partition coefficient (Wildman–Crippen LogP) is 3.33. The Hall–Kier alpha value is -1.33. The third-order valence-electron chi connectivity index (χ3n) is 3.46. The van der Waals surface area contributed by atoms with Gasteiger partial charge in [0, 0.05) is 6.61 Å². The van der Waals surface area contributed by atoms with Gasteiger partial charge in [-0.05, 0) is 38.7 Å². The van der Waals surface area contributed by atoms with E-state index in [0.29, 0.717) is 6.61 Å². The van der Waals surface area contributed by atoms with Crippen LogP contribution in [0.5, 0.6) is 0 Å². The first kappa shape index (κ1) is 12.1. The molecule has 0 amide bonds. The molecular formula is C15H19NO. The highest BCUT2D eigenvalue weighted by molar-refractivity contribution is 5.20. The van der Waals surface area contributed by atoms with E-state index < -0.39 is 0 Å². The molecule has 2 heteroatoms. The molecule has 0 spiro atoms. The van der Waals surface area contributed by atoms with E-state index in [-0.39, 0.29) is 11.0 Å². The molecule has 1 aromatic rings. The molecule has 1 aliphatic heterocycles. The summed E-state index contributed by atoms with van der Waals surface area (Å²) in [6, 6.07) is 12.8. The van der Waals surface area contributed by atoms with Gasteiger partial charge in [-0.3, -0.25) is 0 Å². The van der Waals surface area contributed by atoms with Crippen molar-refractivity contribution >= 4 is 0 Å². The van der Waals surface area contributed by atoms with Gasteiger partial charge in [-0.25, -0.2) is 0 Å². The van der Waals surface area contributed by atoms with E-state index >= 15 is 0 Å². The van der Waals surface area contributed by atoms with Crippen molar-refractivity contribution in [2.24, 2.45) is 5.41 Å². The van der Waals surface area contributed by atoms with Crippen molar-refractivity contribution in [1.29, 1.82) is 5.26 Å². The molecule has 1 fully saturated rings. The lowest BCUT2D eigenvalue weighted by atomic mass is 9.71. The van der Waals surface area contributed by atoms with Crippen LogP contribution in [0.2, 0.25) is 0 Å². The minimum absolute atomic E-state index is 0.178. The molecule has 1 aliphatic rings. The summed E-state index contributed by atoms with van der Waals surface area (Å²) in [5.74, 6) is 0. The maximum absolute atomic E-state index is 9.53. The first-order valence-corrected chi connectivity index (χ1v) is 6.14. The number of rotatable bonds is 2. The largest absolute Gasteiger partial charge is 0.375 e. The number of nitrogens with zero attached hydrogens (tertiary/aromatic N) is 1. The molecule has 0 bridgehead atoms. The SMILES string of the molecule is CC1(C)CC(C#N)(Cc2ccccc2)CCO1. The molecule has 1 heterocycles. The van der Waals surface area contributed by atoms with Crippen molar-refractivity contribution in [3.8, 4) is 6.07 Å². The lowest BCUT2D eigenvalue weighted by molar-refractivity contribution is -0.0891. The Morgan fingerprint density at radius 2 is 2.00 bits per heavy atom. The van der Waals surface area contributed by atoms with E-state index in [0.717, 1.165) is 19.3 Å². The van der Waals surface area contributed by atoms with Gasteiger partial charge in [-0.1, -0.05) is 30.3 Å². The van der Waals surface area contributed by atoms with Gasteiger partial charge in [0.05, 0.1) is 17.1 Å². The first-order valence-electron chi connectivity index (χ1n) is 6.14. The quantitative estimate of drug-likeness (QED) is 0.779. The van der Waals surface area contributed by atoms with Crippen molar-refractivity contribution in [2.75, 3.05) is 6.61 Å². The summed E-state index contributed by atoms with van der Waals surface area (Å²) in [4.78, 5) is 0. The van der Waals surface area contributed by atoms with Crippen LogP contribution in [0.4, 0.5) is 0 Å². The van der Waals surface area contributed by atoms with Gasteiger partial charge in [-0.2, -0.15) is 5.26 Å². The Kier molecular flexibility index (Phi) is 3.22. The smallest absolute Gasteiger partial charge is 0.0695 e. The Balaban J connectivity index is 2.18. The number of hydrogen-bond acceptors (Lipinski definition) is 2. The topological polar surface area (TPSA) is 33.0 Å². The fourth-order valence-electron chi connectivity index (χ4n) is 2.75. The van der Waals surface area contributed by atoms with Crippen LogP contribution in [0.15, 0.2) is 30.3 Å². The van der Waals surface area contributed by atoms with E-state index in [1.54, 1.807) is 0 Å². The van der Waals surface area contributed by atoms with Gasteiger partial charge < -0.3 is 4.74 Å². The summed E-state index contributed by atoms with van der Waals surface area (Å²) in [7, 11) is 0. The summed E-state index contributed by atoms with van der Waals surface area (Å²) in [5.41, 5.74) is 0.804. The standard InChI is InChI=1S/C15H19NO/c1-14(2)11-15(12-16,8-9-17-14)10-13-6-4-3-5-7-13/h3-7H,8-11H2,1-2H3. The van der Waals surface area contributed by atoms with E-state index in [1.807, 2.05) is 18.2 Å². The fourth-order valence-corrected chi connectivity index (χ4v) is 2.75. The maximum atomic E-state index is 9.53. The van der Waals surface area contributed by atoms with Crippen LogP contribution in [0.3, 0.4) is 0 Å². The summed E-state index contributed by atoms with van der Waals surface area (Å²) in [5, 5.41) is 9.53. The molecule has 0 aliphatic carbocycles. The number of benzene rings is 1. The van der Waals surface area contributed by atoms with E-state index in [4.69, 9.17) is 4.74 Å². The molecule has 2 rings (SSSR count). The van der Waals surface area contributed by atoms with E-state index in [1.165, 1.54) is 5.56 Å². The average Bonchev–Trinajstić information content (AvgIpc) is 2.29. The zero-order valence-electron chi connectivity index (χ0n) is 10.6. The molecular weight excluding hydrogens is 210 g/mol. The highest BCUT2D eigenvalue weighted by atomic mass is 16.5. The maximum Gasteiger partial charge on any atom is 0.0695 e. The molecule has 1 aromatic carbocycles. The highest BCUT2D eigenvalue weighted by Crippen LogP contribution is 2.40. The summed E-state index contributed by atoms with van der Waals surface area (Å²) in [6.07, 6.45) is 2.48. The van der Waals surface area contributed by atoms with E-state index in [2.05, 4.69) is 32.0 Å². The molecule has 1 saturated heterocycles. The molecule has 0 saturated carbocycles. The Bertz CT molecular complexity index is 418. The fraction of sp³-hybridized carbons (Fsp3) is 0.533. The van der Waals surface area contributed by atoms with Gasteiger partial charge in [-0.15, -0.1) is 0 Å². The molecule has 0 radical (unpaired) electrons. The lowest BCUT2D eigenvalue weighted by Crippen LogP contribution is -2.41. The van der Waals surface area contributed by atoms with Crippen LogP contribution in [0.1, 0.15) is 32.3 Å². The first-order chi connectivity index (χ1) is 8.05. The molecule has 2 nitrogen and oxygen atoms in total. The van der Waals surface area contributed by atoms with Gasteiger partial charge in [0.25, 0.3) is 0 Å². The zero-order valence-corrected chi connectivity index (χ0v) is 10.6. The van der Waals surface area contributed by atoms with Gasteiger partial charge >= 0.3 is 0 Å². The van der Waals surface area contributed by atoms with Gasteiger partial charge in [0.1, 0.15) is 0 Å². The normalized spacial score (nSPS) is 27.4. The third-order valence-corrected chi connectivity index (χ3v) is 3.46. The third kappa shape index (κ3) is 2.87. The van der Waals surface area contributed by atoms with Crippen molar-refractivity contribution < 1.29 is 4.74 Å². The summed E-state index contributed by atoms with van der Waals surface area (Å²) in [6.45, 7) is 4.83. The van der Waals surface area contributed by atoms with Crippen LogP contribution in [0, 0.1) is 16.7 Å². The molecule has 0 N–H and O–H groups in total. The van der Waals surface area contributed by atoms with Crippen molar-refractivity contribution in [3.05, 3.63) is 35.9 Å². The lowest BCUT2D eigenvalue weighted by Gasteiger charge is -2.40. The monoisotopic (exact) mass is 229 g/mol. The second kappa shape index (κ2) is 4.50. The Morgan fingerprint density at radius 1 is 1.29 bits per heavy atom. The van der Waals surface area contributed by atoms with Crippen molar-refractivity contribution in [3.63, 3.8) is 0 Å². The molecule has 17 heavy (non-hydrogen) atoms. The minimum Gasteiger partial charge on any atom is -0.375 e. The van der Waals surface area contributed by atoms with Crippen LogP contribution >= 0.6 is 0 Å². The molecule has 1 atom stereocenters. The number of nitriles is 1. The Labute approximate surface area is 103 Å². The molecule has 1 unspecified atom stereocenters. The van der Waals surface area contributed by atoms with Crippen LogP contribution in [-0.4, -0.2) is 12.2 Å². The van der Waals surface area contributed by atoms with Gasteiger partial charge in [0.15, 0.2) is 0 Å². The van der Waals surface area contributed by atoms with Gasteiger partial charge in [0.2, 0.25) is 0 Å². The second-order valence-electron chi connectivity index (χ2n) is 5.59. The number of ether oxygens (including phenoxy) is 1. The minimum atomic E-state index is -0.261. The second-order valence-corrected chi connectivity index (χ2v) is 5.59. The summed E-state index contributed by atoms with van der Waals surface area (Å²) >= 11 is 0. The summed E-state index contributed by atoms with van der Waals surface area (Å²) < 4.78 is 5.71. The predicted molar refractivity (Wildman–Crippen MR) is 67.5 cm³/mol. The molecule has 90 valence electrons. The van der Waals surface area contributed by atoms with Crippen LogP contribution in [-0.2, 0) is 11.2 Å². The zero-order chi connectivity index (χ0) is 12.4. The Morgan fingerprint density at radius 3 is 2.59 bits per heavy atom. The van der Waals surface area contributed by atoms with E-state index in [9.17, 15) is 5.26 Å². The van der Waals surface area contributed by atoms with Crippen LogP contribution in [0.25, 0.3) is 0 Å². The molecule has 0 aromatic heterocycles. The van der Waals surface area contributed by atoms with Crippen molar-refractivity contribution in [1.82, 2.24) is 0 Å².